The highest BCUT2D eigenvalue weighted by Gasteiger charge is 2.08. The number of hydrogen-bond donors (Lipinski definition) is 2. The van der Waals surface area contributed by atoms with Crippen LogP contribution in [-0.4, -0.2) is 18.2 Å². The molecule has 0 aliphatic rings. The van der Waals surface area contributed by atoms with Gasteiger partial charge in [-0.25, -0.2) is 0 Å². The second-order valence-corrected chi connectivity index (χ2v) is 5.46. The van der Waals surface area contributed by atoms with Crippen molar-refractivity contribution in [3.63, 3.8) is 0 Å². The molecule has 1 aromatic carbocycles. The lowest BCUT2D eigenvalue weighted by Gasteiger charge is -2.10. The molecule has 0 saturated carbocycles. The van der Waals surface area contributed by atoms with Crippen LogP contribution in [0.1, 0.15) is 42.3 Å². The van der Waals surface area contributed by atoms with Crippen LogP contribution in [0, 0.1) is 11.3 Å². The second-order valence-electron chi connectivity index (χ2n) is 5.46. The van der Waals surface area contributed by atoms with Crippen molar-refractivity contribution in [3.05, 3.63) is 52.9 Å². The fourth-order valence-electron chi connectivity index (χ4n) is 1.96. The minimum atomic E-state index is 0.348. The SMILES string of the molecule is CN=C(NCc1ccc(C#N)cc1)NCc1cc(C(C)C)no1. The predicted octanol–water partition coefficient (Wildman–Crippen LogP) is 2.53. The molecule has 0 unspecified atom stereocenters. The number of nitrogens with zero attached hydrogens (tertiary/aromatic N) is 3. The average Bonchev–Trinajstić information content (AvgIpc) is 3.05. The highest BCUT2D eigenvalue weighted by atomic mass is 16.5. The zero-order chi connectivity index (χ0) is 16.7. The number of nitrogens with one attached hydrogen (secondary N) is 2. The predicted molar refractivity (Wildman–Crippen MR) is 88.8 cm³/mol. The first kappa shape index (κ1) is 16.6. The lowest BCUT2D eigenvalue weighted by molar-refractivity contribution is 0.372. The van der Waals surface area contributed by atoms with Crippen molar-refractivity contribution in [2.75, 3.05) is 7.05 Å². The normalized spacial score (nSPS) is 11.3. The Bertz CT molecular complexity index is 695. The van der Waals surface area contributed by atoms with Crippen LogP contribution >= 0.6 is 0 Å². The molecule has 0 atom stereocenters. The first-order chi connectivity index (χ1) is 11.1. The molecule has 2 aromatic rings. The molecule has 1 heterocycles. The Morgan fingerprint density at radius 3 is 2.52 bits per heavy atom. The van der Waals surface area contributed by atoms with E-state index in [2.05, 4.69) is 40.7 Å². The molecule has 6 nitrogen and oxygen atoms in total. The molecule has 23 heavy (non-hydrogen) atoms. The molecule has 6 heteroatoms. The van der Waals surface area contributed by atoms with Crippen molar-refractivity contribution in [2.24, 2.45) is 4.99 Å². The molecule has 2 N–H and O–H groups in total. The maximum atomic E-state index is 8.79. The summed E-state index contributed by atoms with van der Waals surface area (Å²) in [7, 11) is 1.72. The monoisotopic (exact) mass is 311 g/mol. The molecule has 0 saturated heterocycles. The average molecular weight is 311 g/mol. The number of hydrogen-bond acceptors (Lipinski definition) is 4. The highest BCUT2D eigenvalue weighted by Crippen LogP contribution is 2.13. The number of aromatic nitrogens is 1. The van der Waals surface area contributed by atoms with Crippen molar-refractivity contribution in [2.45, 2.75) is 32.9 Å². The third kappa shape index (κ3) is 4.85. The van der Waals surface area contributed by atoms with E-state index in [0.29, 0.717) is 30.5 Å². The van der Waals surface area contributed by atoms with Crippen molar-refractivity contribution in [1.29, 1.82) is 5.26 Å². The third-order valence-electron chi connectivity index (χ3n) is 3.37. The van der Waals surface area contributed by atoms with Gasteiger partial charge in [-0.1, -0.05) is 31.1 Å². The van der Waals surface area contributed by atoms with Gasteiger partial charge in [0.15, 0.2) is 11.7 Å². The molecular weight excluding hydrogens is 290 g/mol. The highest BCUT2D eigenvalue weighted by molar-refractivity contribution is 5.79. The molecule has 0 radical (unpaired) electrons. The van der Waals surface area contributed by atoms with E-state index in [1.807, 2.05) is 18.2 Å². The standard InChI is InChI=1S/C17H21N5O/c1-12(2)16-8-15(23-22-16)11-21-17(19-3)20-10-14-6-4-13(9-18)5-7-14/h4-8,12H,10-11H2,1-3H3,(H2,19,20,21). The summed E-state index contributed by atoms with van der Waals surface area (Å²) in [5, 5.41) is 19.2. The van der Waals surface area contributed by atoms with E-state index >= 15 is 0 Å². The summed E-state index contributed by atoms with van der Waals surface area (Å²) in [6.45, 7) is 5.30. The number of nitriles is 1. The molecule has 1 aromatic heterocycles. The van der Waals surface area contributed by atoms with Crippen molar-refractivity contribution in [3.8, 4) is 6.07 Å². The molecule has 0 aliphatic heterocycles. The molecule has 0 bridgehead atoms. The molecule has 0 fully saturated rings. The lowest BCUT2D eigenvalue weighted by Crippen LogP contribution is -2.36. The third-order valence-corrected chi connectivity index (χ3v) is 3.37. The van der Waals surface area contributed by atoms with E-state index in [-0.39, 0.29) is 0 Å². The minimum absolute atomic E-state index is 0.348. The maximum absolute atomic E-state index is 8.79. The van der Waals surface area contributed by atoms with E-state index in [4.69, 9.17) is 9.78 Å². The summed E-state index contributed by atoms with van der Waals surface area (Å²) in [5.74, 6) is 1.80. The van der Waals surface area contributed by atoms with Gasteiger partial charge in [-0.3, -0.25) is 4.99 Å². The van der Waals surface area contributed by atoms with E-state index in [0.717, 1.165) is 17.0 Å². The van der Waals surface area contributed by atoms with Gasteiger partial charge >= 0.3 is 0 Å². The van der Waals surface area contributed by atoms with Crippen LogP contribution < -0.4 is 10.6 Å². The van der Waals surface area contributed by atoms with Crippen LogP contribution in [0.4, 0.5) is 0 Å². The molecule has 0 spiro atoms. The molecule has 0 aliphatic carbocycles. The first-order valence-corrected chi connectivity index (χ1v) is 7.51. The maximum Gasteiger partial charge on any atom is 0.191 e. The lowest BCUT2D eigenvalue weighted by atomic mass is 10.1. The summed E-state index contributed by atoms with van der Waals surface area (Å²) in [4.78, 5) is 4.17. The minimum Gasteiger partial charge on any atom is -0.359 e. The second kappa shape index (κ2) is 7.99. The summed E-state index contributed by atoms with van der Waals surface area (Å²) < 4.78 is 5.28. The van der Waals surface area contributed by atoms with Gasteiger partial charge in [0.25, 0.3) is 0 Å². The van der Waals surface area contributed by atoms with Crippen LogP contribution in [0.3, 0.4) is 0 Å². The summed E-state index contributed by atoms with van der Waals surface area (Å²) in [6.07, 6.45) is 0. The summed E-state index contributed by atoms with van der Waals surface area (Å²) in [6, 6.07) is 11.5. The van der Waals surface area contributed by atoms with E-state index in [9.17, 15) is 0 Å². The van der Waals surface area contributed by atoms with Crippen LogP contribution in [0.2, 0.25) is 0 Å². The summed E-state index contributed by atoms with van der Waals surface area (Å²) >= 11 is 0. The molecular formula is C17H21N5O. The van der Waals surface area contributed by atoms with Gasteiger partial charge in [0, 0.05) is 19.7 Å². The smallest absolute Gasteiger partial charge is 0.191 e. The van der Waals surface area contributed by atoms with Gasteiger partial charge < -0.3 is 15.2 Å². The van der Waals surface area contributed by atoms with Crippen molar-refractivity contribution >= 4 is 5.96 Å². The zero-order valence-electron chi connectivity index (χ0n) is 13.6. The Balaban J connectivity index is 1.84. The number of aliphatic imine (C=N–C) groups is 1. The Kier molecular flexibility index (Phi) is 5.75. The van der Waals surface area contributed by atoms with E-state index in [1.54, 1.807) is 19.2 Å². The van der Waals surface area contributed by atoms with Gasteiger partial charge in [-0.05, 0) is 23.6 Å². The number of benzene rings is 1. The molecule has 0 amide bonds. The van der Waals surface area contributed by atoms with Crippen LogP contribution in [0.15, 0.2) is 39.8 Å². The van der Waals surface area contributed by atoms with Crippen LogP contribution in [0.5, 0.6) is 0 Å². The fraction of sp³-hybridized carbons (Fsp3) is 0.353. The van der Waals surface area contributed by atoms with Gasteiger partial charge in [-0.15, -0.1) is 0 Å². The quantitative estimate of drug-likeness (QED) is 0.654. The summed E-state index contributed by atoms with van der Waals surface area (Å²) in [5.41, 5.74) is 2.68. The van der Waals surface area contributed by atoms with E-state index in [1.165, 1.54) is 0 Å². The zero-order valence-corrected chi connectivity index (χ0v) is 13.6. The van der Waals surface area contributed by atoms with Gasteiger partial charge in [-0.2, -0.15) is 5.26 Å². The van der Waals surface area contributed by atoms with Crippen LogP contribution in [-0.2, 0) is 13.1 Å². The first-order valence-electron chi connectivity index (χ1n) is 7.51. The van der Waals surface area contributed by atoms with Crippen molar-refractivity contribution in [1.82, 2.24) is 15.8 Å². The van der Waals surface area contributed by atoms with E-state index < -0.39 is 0 Å². The number of guanidine groups is 1. The Hall–Kier alpha value is -2.81. The van der Waals surface area contributed by atoms with Crippen LogP contribution in [0.25, 0.3) is 0 Å². The van der Waals surface area contributed by atoms with Gasteiger partial charge in [0.2, 0.25) is 0 Å². The van der Waals surface area contributed by atoms with Gasteiger partial charge in [0.1, 0.15) is 0 Å². The van der Waals surface area contributed by atoms with Crippen molar-refractivity contribution < 1.29 is 4.52 Å². The Morgan fingerprint density at radius 1 is 1.26 bits per heavy atom. The number of rotatable bonds is 5. The van der Waals surface area contributed by atoms with Gasteiger partial charge in [0.05, 0.1) is 23.9 Å². The fourth-order valence-corrected chi connectivity index (χ4v) is 1.96. The molecule has 2 rings (SSSR count). The molecule has 120 valence electrons. The Labute approximate surface area is 136 Å². The topological polar surface area (TPSA) is 86.2 Å². The largest absolute Gasteiger partial charge is 0.359 e. The Morgan fingerprint density at radius 2 is 1.96 bits per heavy atom.